The van der Waals surface area contributed by atoms with Gasteiger partial charge in [0.25, 0.3) is 0 Å². The molecule has 0 spiro atoms. The number of halogens is 4. The lowest BCUT2D eigenvalue weighted by molar-refractivity contribution is -0.192. The van der Waals surface area contributed by atoms with Crippen molar-refractivity contribution in [2.75, 3.05) is 24.5 Å². The smallest absolute Gasteiger partial charge is 0.475 e. The fourth-order valence-electron chi connectivity index (χ4n) is 4.03. The second-order valence-electron chi connectivity index (χ2n) is 8.00. The Morgan fingerprint density at radius 3 is 2.53 bits per heavy atom. The number of pyridine rings is 1. The maximum atomic E-state index is 13.9. The van der Waals surface area contributed by atoms with Crippen LogP contribution in [0.2, 0.25) is 0 Å². The minimum atomic E-state index is -5.08. The van der Waals surface area contributed by atoms with E-state index in [1.54, 1.807) is 0 Å². The maximum Gasteiger partial charge on any atom is 0.490 e. The monoisotopic (exact) mass is 477 g/mol. The standard InChI is InChI=1S/C21H22FN5.C2HF3O2/c22-15-8-11-27(13-15)21-19(20-25-17-7-9-23-12-18(17)26-20)16(6-10-24-21)14-4-2-1-3-5-14;3-2(4,5)1(6)7/h1-6,10,15,23H,7-9,11-13H2,(H,25,26);(H,6,7)/t15-;/m0./s1. The Labute approximate surface area is 192 Å². The number of nitrogens with one attached hydrogen (secondary N) is 2. The minimum absolute atomic E-state index is 0.389. The Morgan fingerprint density at radius 1 is 1.18 bits per heavy atom. The summed E-state index contributed by atoms with van der Waals surface area (Å²) in [7, 11) is 0. The van der Waals surface area contributed by atoms with E-state index in [2.05, 4.69) is 27.4 Å². The number of H-pyrrole nitrogens is 1. The highest BCUT2D eigenvalue weighted by molar-refractivity contribution is 5.88. The summed E-state index contributed by atoms with van der Waals surface area (Å²) in [5.74, 6) is -1.11. The number of alkyl halides is 4. The van der Waals surface area contributed by atoms with Gasteiger partial charge in [0.2, 0.25) is 0 Å². The van der Waals surface area contributed by atoms with Crippen LogP contribution >= 0.6 is 0 Å². The molecule has 0 radical (unpaired) electrons. The molecule has 0 bridgehead atoms. The van der Waals surface area contributed by atoms with Crippen LogP contribution in [0.3, 0.4) is 0 Å². The highest BCUT2D eigenvalue weighted by Crippen LogP contribution is 2.38. The molecule has 180 valence electrons. The number of imidazole rings is 1. The summed E-state index contributed by atoms with van der Waals surface area (Å²) in [5, 5.41) is 10.5. The molecule has 7 nitrogen and oxygen atoms in total. The molecule has 2 aromatic heterocycles. The molecule has 1 aromatic carbocycles. The lowest BCUT2D eigenvalue weighted by Crippen LogP contribution is -2.23. The molecule has 3 N–H and O–H groups in total. The van der Waals surface area contributed by atoms with Crippen LogP contribution < -0.4 is 10.2 Å². The molecule has 1 fully saturated rings. The van der Waals surface area contributed by atoms with E-state index in [4.69, 9.17) is 14.9 Å². The largest absolute Gasteiger partial charge is 0.490 e. The van der Waals surface area contributed by atoms with Gasteiger partial charge in [0.1, 0.15) is 17.8 Å². The number of fused-ring (bicyclic) bond motifs is 1. The van der Waals surface area contributed by atoms with E-state index in [0.717, 1.165) is 59.2 Å². The molecule has 1 atom stereocenters. The van der Waals surface area contributed by atoms with Crippen LogP contribution in [0.15, 0.2) is 42.6 Å². The van der Waals surface area contributed by atoms with Gasteiger partial charge in [-0.25, -0.2) is 19.2 Å². The molecule has 2 aliphatic rings. The first-order chi connectivity index (χ1) is 16.2. The highest BCUT2D eigenvalue weighted by Gasteiger charge is 2.38. The van der Waals surface area contributed by atoms with E-state index in [-0.39, 0.29) is 0 Å². The first-order valence-electron chi connectivity index (χ1n) is 10.8. The maximum absolute atomic E-state index is 13.9. The average molecular weight is 477 g/mol. The second kappa shape index (κ2) is 9.80. The number of carboxylic acid groups (broad SMARTS) is 1. The Bertz CT molecular complexity index is 1130. The van der Waals surface area contributed by atoms with E-state index in [0.29, 0.717) is 19.5 Å². The van der Waals surface area contributed by atoms with Crippen LogP contribution in [0, 0.1) is 0 Å². The molecule has 0 aliphatic carbocycles. The lowest BCUT2D eigenvalue weighted by Gasteiger charge is -2.21. The number of benzene rings is 1. The van der Waals surface area contributed by atoms with E-state index in [1.807, 2.05) is 35.4 Å². The zero-order valence-electron chi connectivity index (χ0n) is 18.1. The molecular formula is C23H23F4N5O2. The van der Waals surface area contributed by atoms with E-state index >= 15 is 0 Å². The molecule has 0 saturated carbocycles. The van der Waals surface area contributed by atoms with Gasteiger partial charge in [-0.1, -0.05) is 30.3 Å². The van der Waals surface area contributed by atoms with Gasteiger partial charge >= 0.3 is 12.1 Å². The molecule has 3 aromatic rings. The van der Waals surface area contributed by atoms with Crippen molar-refractivity contribution in [3.8, 4) is 22.5 Å². The molecule has 0 amide bonds. The summed E-state index contributed by atoms with van der Waals surface area (Å²) < 4.78 is 45.6. The van der Waals surface area contributed by atoms with Gasteiger partial charge in [0.05, 0.1) is 23.5 Å². The number of anilines is 1. The first-order valence-corrected chi connectivity index (χ1v) is 10.8. The van der Waals surface area contributed by atoms with Crippen LogP contribution in [-0.4, -0.2) is 58.0 Å². The Morgan fingerprint density at radius 2 is 1.91 bits per heavy atom. The third-order valence-corrected chi connectivity index (χ3v) is 5.63. The Balaban J connectivity index is 0.000000344. The van der Waals surface area contributed by atoms with Crippen molar-refractivity contribution in [1.29, 1.82) is 0 Å². The van der Waals surface area contributed by atoms with Gasteiger partial charge in [-0.05, 0) is 23.6 Å². The second-order valence-corrected chi connectivity index (χ2v) is 8.00. The van der Waals surface area contributed by atoms with Crippen molar-refractivity contribution in [3.05, 3.63) is 54.0 Å². The third kappa shape index (κ3) is 5.19. The molecule has 34 heavy (non-hydrogen) atoms. The lowest BCUT2D eigenvalue weighted by atomic mass is 10.00. The van der Waals surface area contributed by atoms with Crippen LogP contribution in [-0.2, 0) is 17.8 Å². The number of nitrogens with zero attached hydrogens (tertiary/aromatic N) is 3. The Hall–Kier alpha value is -3.47. The Kier molecular flexibility index (Phi) is 6.82. The van der Waals surface area contributed by atoms with Gasteiger partial charge < -0.3 is 20.3 Å². The normalized spacial score (nSPS) is 17.6. The number of hydrogen-bond acceptors (Lipinski definition) is 5. The number of carbonyl (C=O) groups is 1. The van der Waals surface area contributed by atoms with Crippen molar-refractivity contribution in [3.63, 3.8) is 0 Å². The number of aromatic nitrogens is 3. The van der Waals surface area contributed by atoms with Crippen molar-refractivity contribution >= 4 is 11.8 Å². The molecule has 4 heterocycles. The van der Waals surface area contributed by atoms with Crippen molar-refractivity contribution in [2.24, 2.45) is 0 Å². The number of aromatic amines is 1. The molecule has 5 rings (SSSR count). The zero-order chi connectivity index (χ0) is 24.3. The van der Waals surface area contributed by atoms with E-state index in [9.17, 15) is 17.6 Å². The highest BCUT2D eigenvalue weighted by atomic mass is 19.4. The number of carboxylic acids is 1. The van der Waals surface area contributed by atoms with Gasteiger partial charge in [-0.2, -0.15) is 13.2 Å². The van der Waals surface area contributed by atoms with Crippen molar-refractivity contribution in [2.45, 2.75) is 31.7 Å². The summed E-state index contributed by atoms with van der Waals surface area (Å²) in [4.78, 5) is 24.0. The zero-order valence-corrected chi connectivity index (χ0v) is 18.1. The summed E-state index contributed by atoms with van der Waals surface area (Å²) in [6.07, 6.45) is -2.60. The van der Waals surface area contributed by atoms with Gasteiger partial charge in [-0.3, -0.25) is 0 Å². The quantitative estimate of drug-likeness (QED) is 0.495. The fourth-order valence-corrected chi connectivity index (χ4v) is 4.03. The topological polar surface area (TPSA) is 94.1 Å². The van der Waals surface area contributed by atoms with Crippen LogP contribution in [0.4, 0.5) is 23.4 Å². The molecular weight excluding hydrogens is 454 g/mol. The minimum Gasteiger partial charge on any atom is -0.475 e. The fraction of sp³-hybridized carbons (Fsp3) is 0.348. The van der Waals surface area contributed by atoms with Gasteiger partial charge in [0, 0.05) is 32.3 Å². The summed E-state index contributed by atoms with van der Waals surface area (Å²) in [6.45, 7) is 2.81. The van der Waals surface area contributed by atoms with Crippen LogP contribution in [0.5, 0.6) is 0 Å². The molecule has 1 saturated heterocycles. The average Bonchev–Trinajstić information content (AvgIpc) is 3.45. The van der Waals surface area contributed by atoms with E-state index < -0.39 is 18.3 Å². The molecule has 11 heteroatoms. The number of aliphatic carboxylic acids is 1. The van der Waals surface area contributed by atoms with Crippen molar-refractivity contribution in [1.82, 2.24) is 20.3 Å². The summed E-state index contributed by atoms with van der Waals surface area (Å²) >= 11 is 0. The number of hydrogen-bond donors (Lipinski definition) is 3. The van der Waals surface area contributed by atoms with Crippen LogP contribution in [0.25, 0.3) is 22.5 Å². The third-order valence-electron chi connectivity index (χ3n) is 5.63. The molecule has 2 aliphatic heterocycles. The van der Waals surface area contributed by atoms with Gasteiger partial charge in [0.15, 0.2) is 0 Å². The number of rotatable bonds is 3. The van der Waals surface area contributed by atoms with Crippen LogP contribution in [0.1, 0.15) is 17.8 Å². The SMILES string of the molecule is F[C@H]1CCN(c2nccc(-c3ccccc3)c2-c2nc3c([nH]2)CNCC3)C1.O=C(O)C(F)(F)F. The first kappa shape index (κ1) is 23.7. The predicted octanol–water partition coefficient (Wildman–Crippen LogP) is 3.97. The van der Waals surface area contributed by atoms with Crippen molar-refractivity contribution < 1.29 is 27.5 Å². The summed E-state index contributed by atoms with van der Waals surface area (Å²) in [5.41, 5.74) is 5.39. The summed E-state index contributed by atoms with van der Waals surface area (Å²) in [6, 6.07) is 12.3. The van der Waals surface area contributed by atoms with Gasteiger partial charge in [-0.15, -0.1) is 0 Å². The predicted molar refractivity (Wildman–Crippen MR) is 118 cm³/mol. The molecule has 0 unspecified atom stereocenters. The van der Waals surface area contributed by atoms with E-state index in [1.165, 1.54) is 0 Å².